The maximum atomic E-state index is 11.6. The molecule has 0 amide bonds. The van der Waals surface area contributed by atoms with Crippen LogP contribution in [0.2, 0.25) is 4.34 Å². The first-order valence-electron chi connectivity index (χ1n) is 6.22. The quantitative estimate of drug-likeness (QED) is 0.889. The highest BCUT2D eigenvalue weighted by Crippen LogP contribution is 2.33. The predicted molar refractivity (Wildman–Crippen MR) is 79.1 cm³/mol. The molecule has 5 nitrogen and oxygen atoms in total. The van der Waals surface area contributed by atoms with Crippen molar-refractivity contribution in [3.05, 3.63) is 21.3 Å². The second-order valence-corrected chi connectivity index (χ2v) is 8.92. The molecule has 1 aromatic rings. The van der Waals surface area contributed by atoms with Crippen molar-refractivity contribution in [3.63, 3.8) is 0 Å². The topological polar surface area (TPSA) is 74.7 Å². The first-order valence-corrected chi connectivity index (χ1v) is 9.23. The molecule has 0 radical (unpaired) electrons. The molecule has 1 aromatic heterocycles. The zero-order valence-corrected chi connectivity index (χ0v) is 13.3. The monoisotopic (exact) mass is 337 g/mol. The van der Waals surface area contributed by atoms with Crippen LogP contribution >= 0.6 is 22.9 Å². The van der Waals surface area contributed by atoms with Gasteiger partial charge in [0.15, 0.2) is 9.84 Å². The van der Waals surface area contributed by atoms with Crippen molar-refractivity contribution in [1.82, 2.24) is 4.90 Å². The molecule has 1 N–H and O–H groups in total. The summed E-state index contributed by atoms with van der Waals surface area (Å²) in [5, 5.41) is 9.06. The van der Waals surface area contributed by atoms with Gasteiger partial charge < -0.3 is 5.11 Å². The van der Waals surface area contributed by atoms with Crippen LogP contribution in [0, 0.1) is 0 Å². The van der Waals surface area contributed by atoms with Crippen LogP contribution in [0.3, 0.4) is 0 Å². The van der Waals surface area contributed by atoms with Crippen LogP contribution in [0.15, 0.2) is 12.1 Å². The summed E-state index contributed by atoms with van der Waals surface area (Å²) in [7, 11) is -3.04. The van der Waals surface area contributed by atoms with Crippen molar-refractivity contribution in [3.8, 4) is 0 Å². The number of carbonyl (C=O) groups is 1. The third kappa shape index (κ3) is 3.72. The Labute approximate surface area is 127 Å². The van der Waals surface area contributed by atoms with Gasteiger partial charge in [-0.25, -0.2) is 8.42 Å². The van der Waals surface area contributed by atoms with Crippen molar-refractivity contribution in [2.45, 2.75) is 25.4 Å². The summed E-state index contributed by atoms with van der Waals surface area (Å²) in [4.78, 5) is 13.7. The number of carboxylic acids is 1. The largest absolute Gasteiger partial charge is 0.480 e. The fourth-order valence-corrected chi connectivity index (χ4v) is 5.37. The molecular formula is C12H16ClNO4S2. The summed E-state index contributed by atoms with van der Waals surface area (Å²) >= 11 is 7.30. The molecule has 0 spiro atoms. The van der Waals surface area contributed by atoms with Crippen molar-refractivity contribution in [2.24, 2.45) is 0 Å². The second-order valence-electron chi connectivity index (χ2n) is 4.94. The standard InChI is InChI=1S/C12H16ClNO4S2/c1-8(10-2-3-11(13)19-10)14(6-12(15)16)9-4-5-20(17,18)7-9/h2-3,8-9H,4-7H2,1H3,(H,15,16). The minimum atomic E-state index is -3.04. The Kier molecular flexibility index (Phi) is 4.73. The Balaban J connectivity index is 2.21. The SMILES string of the molecule is CC(c1ccc(Cl)s1)N(CC(=O)O)C1CCS(=O)(=O)C1. The molecule has 112 valence electrons. The highest BCUT2D eigenvalue weighted by molar-refractivity contribution is 7.91. The van der Waals surface area contributed by atoms with E-state index < -0.39 is 15.8 Å². The van der Waals surface area contributed by atoms with Gasteiger partial charge in [0.2, 0.25) is 0 Å². The molecule has 2 atom stereocenters. The highest BCUT2D eigenvalue weighted by Gasteiger charge is 2.36. The third-order valence-corrected chi connectivity index (χ3v) is 6.65. The predicted octanol–water partition coefficient (Wildman–Crippen LogP) is 2.04. The number of hydrogen-bond acceptors (Lipinski definition) is 5. The minimum Gasteiger partial charge on any atom is -0.480 e. The number of halogens is 1. The maximum Gasteiger partial charge on any atom is 0.317 e. The number of carboxylic acid groups (broad SMARTS) is 1. The van der Waals surface area contributed by atoms with Crippen LogP contribution in [0.5, 0.6) is 0 Å². The summed E-state index contributed by atoms with van der Waals surface area (Å²) in [6, 6.07) is 3.21. The third-order valence-electron chi connectivity index (χ3n) is 3.50. The molecular weight excluding hydrogens is 322 g/mol. The number of rotatable bonds is 5. The maximum absolute atomic E-state index is 11.6. The minimum absolute atomic E-state index is 0.0315. The van der Waals surface area contributed by atoms with E-state index in [-0.39, 0.29) is 30.1 Å². The van der Waals surface area contributed by atoms with Gasteiger partial charge in [-0.2, -0.15) is 0 Å². The summed E-state index contributed by atoms with van der Waals surface area (Å²) in [6.07, 6.45) is 0.485. The Bertz CT molecular complexity index is 598. The molecule has 1 saturated heterocycles. The molecule has 1 fully saturated rings. The van der Waals surface area contributed by atoms with Crippen LogP contribution in [-0.4, -0.2) is 48.5 Å². The van der Waals surface area contributed by atoms with Gasteiger partial charge in [-0.1, -0.05) is 11.6 Å². The van der Waals surface area contributed by atoms with Crippen molar-refractivity contribution < 1.29 is 18.3 Å². The van der Waals surface area contributed by atoms with Gasteiger partial charge in [-0.15, -0.1) is 11.3 Å². The Hall–Kier alpha value is -0.630. The number of nitrogens with zero attached hydrogens (tertiary/aromatic N) is 1. The lowest BCUT2D eigenvalue weighted by Crippen LogP contribution is -2.41. The van der Waals surface area contributed by atoms with Crippen molar-refractivity contribution >= 4 is 38.7 Å². The fourth-order valence-electron chi connectivity index (χ4n) is 2.49. The van der Waals surface area contributed by atoms with E-state index in [1.807, 2.05) is 13.0 Å². The average molecular weight is 338 g/mol. The fraction of sp³-hybridized carbons (Fsp3) is 0.583. The molecule has 2 unspecified atom stereocenters. The van der Waals surface area contributed by atoms with Crippen LogP contribution < -0.4 is 0 Å². The molecule has 20 heavy (non-hydrogen) atoms. The molecule has 1 aliphatic rings. The number of thiophene rings is 1. The van der Waals surface area contributed by atoms with Gasteiger partial charge >= 0.3 is 5.97 Å². The molecule has 0 bridgehead atoms. The van der Waals surface area contributed by atoms with E-state index in [4.69, 9.17) is 16.7 Å². The van der Waals surface area contributed by atoms with Crippen LogP contribution in [0.4, 0.5) is 0 Å². The lowest BCUT2D eigenvalue weighted by Gasteiger charge is -2.31. The van der Waals surface area contributed by atoms with Crippen LogP contribution in [0.25, 0.3) is 0 Å². The van der Waals surface area contributed by atoms with Crippen molar-refractivity contribution in [2.75, 3.05) is 18.1 Å². The molecule has 1 aliphatic heterocycles. The Morgan fingerprint density at radius 2 is 2.30 bits per heavy atom. The van der Waals surface area contributed by atoms with Gasteiger partial charge in [0.05, 0.1) is 22.4 Å². The van der Waals surface area contributed by atoms with Crippen LogP contribution in [-0.2, 0) is 14.6 Å². The Morgan fingerprint density at radius 1 is 1.60 bits per heavy atom. The smallest absolute Gasteiger partial charge is 0.317 e. The highest BCUT2D eigenvalue weighted by atomic mass is 35.5. The zero-order valence-electron chi connectivity index (χ0n) is 11.0. The molecule has 8 heteroatoms. The molecule has 0 aromatic carbocycles. The van der Waals surface area contributed by atoms with E-state index in [2.05, 4.69) is 0 Å². The van der Waals surface area contributed by atoms with E-state index in [0.717, 1.165) is 4.88 Å². The summed E-state index contributed by atoms with van der Waals surface area (Å²) < 4.78 is 23.8. The normalized spacial score (nSPS) is 23.1. The number of hydrogen-bond donors (Lipinski definition) is 1. The molecule has 0 aliphatic carbocycles. The van der Waals surface area contributed by atoms with Gasteiger partial charge in [0.25, 0.3) is 0 Å². The molecule has 2 rings (SSSR count). The molecule has 0 saturated carbocycles. The summed E-state index contributed by atoms with van der Waals surface area (Å²) in [5.41, 5.74) is 0. The van der Waals surface area contributed by atoms with Crippen LogP contribution in [0.1, 0.15) is 24.3 Å². The van der Waals surface area contributed by atoms with E-state index in [1.165, 1.54) is 11.3 Å². The average Bonchev–Trinajstić information content (AvgIpc) is 2.91. The van der Waals surface area contributed by atoms with E-state index in [9.17, 15) is 13.2 Å². The van der Waals surface area contributed by atoms with Gasteiger partial charge in [0, 0.05) is 17.0 Å². The van der Waals surface area contributed by atoms with Gasteiger partial charge in [-0.05, 0) is 25.5 Å². The second kappa shape index (κ2) is 6.01. The van der Waals surface area contributed by atoms with Gasteiger partial charge in [0.1, 0.15) is 0 Å². The summed E-state index contributed by atoms with van der Waals surface area (Å²) in [6.45, 7) is 1.72. The Morgan fingerprint density at radius 3 is 2.75 bits per heavy atom. The lowest BCUT2D eigenvalue weighted by molar-refractivity contribution is -0.139. The number of aliphatic carboxylic acids is 1. The van der Waals surface area contributed by atoms with Crippen molar-refractivity contribution in [1.29, 1.82) is 0 Å². The first kappa shape index (κ1) is 15.8. The summed E-state index contributed by atoms with van der Waals surface area (Å²) in [5.74, 6) is -0.793. The van der Waals surface area contributed by atoms with E-state index in [1.54, 1.807) is 11.0 Å². The lowest BCUT2D eigenvalue weighted by atomic mass is 10.1. The van der Waals surface area contributed by atoms with E-state index >= 15 is 0 Å². The molecule has 2 heterocycles. The van der Waals surface area contributed by atoms with Gasteiger partial charge in [-0.3, -0.25) is 9.69 Å². The first-order chi connectivity index (χ1) is 9.28. The van der Waals surface area contributed by atoms with E-state index in [0.29, 0.717) is 10.8 Å². The number of sulfone groups is 1. The zero-order chi connectivity index (χ0) is 14.9.